The number of aryl methyl sites for hydroxylation is 1. The molecule has 7 aromatic carbocycles. The highest BCUT2D eigenvalue weighted by Gasteiger charge is 2.44. The van der Waals surface area contributed by atoms with Crippen LogP contribution in [0.5, 0.6) is 0 Å². The number of nitrogens with two attached hydrogens (primary N) is 3. The molecular weight excluding hydrogens is 1890 g/mol. The first-order valence-corrected chi connectivity index (χ1v) is 53.4. The van der Waals surface area contributed by atoms with Gasteiger partial charge in [-0.1, -0.05) is 219 Å². The summed E-state index contributed by atoms with van der Waals surface area (Å²) in [6.07, 6.45) is 25.2. The minimum atomic E-state index is -2.53. The molecule has 0 saturated carbocycles. The number of fused-ring (bicyclic) bond motifs is 7. The number of nitrogens with zero attached hydrogens (tertiary/aromatic N) is 8. The molecule has 30 heteroatoms. The first-order valence-electron chi connectivity index (χ1n) is 51.9. The van der Waals surface area contributed by atoms with Crippen LogP contribution in [0.25, 0.3) is 26.0 Å². The fourth-order valence-corrected chi connectivity index (χ4v) is 22.3. The van der Waals surface area contributed by atoms with Crippen molar-refractivity contribution in [2.24, 2.45) is 17.2 Å². The van der Waals surface area contributed by atoms with E-state index in [-0.39, 0.29) is 78.1 Å². The molecule has 0 unspecified atom stereocenters. The zero-order valence-corrected chi connectivity index (χ0v) is 85.6. The van der Waals surface area contributed by atoms with Crippen molar-refractivity contribution in [3.8, 4) is 0 Å². The number of aromatic nitrogens is 1. The molecule has 1 aromatic heterocycles. The summed E-state index contributed by atoms with van der Waals surface area (Å²) >= 11 is 25.0. The molecule has 8 atom stereocenters. The molecule has 762 valence electrons. The number of Topliss-reactive ketones (excluding diaryl/α,β-unsaturated/α-hetero) is 1. The van der Waals surface area contributed by atoms with E-state index in [1.807, 2.05) is 82.6 Å². The number of benzene rings is 7. The lowest BCUT2D eigenvalue weighted by molar-refractivity contribution is -0.148. The molecule has 19 rings (SSSR count). The van der Waals surface area contributed by atoms with Gasteiger partial charge in [-0.3, -0.25) is 53.1 Å². The number of ketones is 1. The highest BCUT2D eigenvalue weighted by Crippen LogP contribution is 2.38. The number of halogens is 6. The fraction of sp³-hybridized carbons (Fsp3) is 0.487. The van der Waals surface area contributed by atoms with E-state index in [2.05, 4.69) is 146 Å². The van der Waals surface area contributed by atoms with Gasteiger partial charge in [0.1, 0.15) is 18.1 Å². The minimum Gasteiger partial charge on any atom is -0.360 e. The van der Waals surface area contributed by atoms with Crippen molar-refractivity contribution < 1.29 is 47.1 Å². The number of piperidine rings is 1. The molecule has 9 heterocycles. The number of H-pyrrole nitrogens is 1. The number of nitrogens with one attached hydrogen (secondary N) is 5. The van der Waals surface area contributed by atoms with E-state index >= 15 is 0 Å². The van der Waals surface area contributed by atoms with Gasteiger partial charge in [-0.15, -0.1) is 0 Å². The molecule has 143 heavy (non-hydrogen) atoms. The largest absolute Gasteiger partial charge is 0.360 e. The average Bonchev–Trinajstić information content (AvgIpc) is 1.52. The molecular formula is C113H140Cl4F2N16O8. The molecule has 11 N–H and O–H groups in total. The number of hydrogen-bond acceptors (Lipinski definition) is 16. The lowest BCUT2D eigenvalue weighted by atomic mass is 9.92. The SMILES string of the molecule is CC(C)N[C@H](CCCCN1Cc2ccccc2C1)C(=O)N1CC[C@H]1C(=O)CCc1ccc2[nH]cc(Cl)c2c1.N[C@H](CCCCN1CCC(F)(F)CC1)C(=O)N1CC[C@H]1C(=O)NCc1ccc2c(c1)C(Cl)=CC2.N[C@H](CCCCN1CCc2ccccc2C1)C(=O)N1CC[C@H]1C(=O)NCc1ccc2c(c1)C(Cl)=CC2.N[C@H](CCCCN1Cc2ccccc2C1)C(=O)N1CC[C@H]1C(=O)NCc1ccc2c(c1)C(Cl)=CC2. The third-order valence-corrected chi connectivity index (χ3v) is 31.8. The average molecular weight is 2030 g/mol. The molecule has 8 aromatic rings. The highest BCUT2D eigenvalue weighted by atomic mass is 35.5. The van der Waals surface area contributed by atoms with Gasteiger partial charge >= 0.3 is 0 Å². The maximum atomic E-state index is 13.5. The quantitative estimate of drug-likeness (QED) is 0.0166. The second-order valence-corrected chi connectivity index (χ2v) is 42.5. The van der Waals surface area contributed by atoms with E-state index in [0.717, 1.165) is 220 Å². The molecule has 8 aliphatic heterocycles. The number of alkyl halides is 2. The number of likely N-dealkylation sites (tertiary alicyclic amines) is 5. The van der Waals surface area contributed by atoms with Crippen molar-refractivity contribution in [2.45, 2.75) is 281 Å². The molecule has 0 radical (unpaired) electrons. The number of rotatable bonds is 39. The fourth-order valence-electron chi connectivity index (χ4n) is 21.4. The van der Waals surface area contributed by atoms with Gasteiger partial charge in [0, 0.05) is 156 Å². The third-order valence-electron chi connectivity index (χ3n) is 30.4. The zero-order chi connectivity index (χ0) is 100. The topological polar surface area (TPSA) is 304 Å². The molecule has 7 amide bonds. The Morgan fingerprint density at radius 1 is 0.406 bits per heavy atom. The van der Waals surface area contributed by atoms with Crippen LogP contribution < -0.4 is 38.5 Å². The summed E-state index contributed by atoms with van der Waals surface area (Å²) in [5, 5.41) is 16.3. The first-order chi connectivity index (χ1) is 69.1. The van der Waals surface area contributed by atoms with E-state index in [1.165, 1.54) is 50.1 Å². The summed E-state index contributed by atoms with van der Waals surface area (Å²) in [5.41, 5.74) is 38.9. The van der Waals surface area contributed by atoms with Gasteiger partial charge in [0.25, 0.3) is 5.92 Å². The Morgan fingerprint density at radius 2 is 0.769 bits per heavy atom. The van der Waals surface area contributed by atoms with Crippen LogP contribution in [-0.4, -0.2) is 224 Å². The summed E-state index contributed by atoms with van der Waals surface area (Å²) in [4.78, 5) is 123. The van der Waals surface area contributed by atoms with Gasteiger partial charge in [-0.2, -0.15) is 0 Å². The maximum Gasteiger partial charge on any atom is 0.250 e. The normalized spacial score (nSPS) is 19.9. The Morgan fingerprint density at radius 3 is 1.17 bits per heavy atom. The van der Waals surface area contributed by atoms with Crippen molar-refractivity contribution >= 4 is 120 Å². The molecule has 5 fully saturated rings. The Bertz CT molecular complexity index is 5910. The number of hydrogen-bond donors (Lipinski definition) is 8. The predicted molar refractivity (Wildman–Crippen MR) is 563 cm³/mol. The number of amides is 7. The second kappa shape index (κ2) is 49.9. The van der Waals surface area contributed by atoms with E-state index in [0.29, 0.717) is 115 Å². The number of carbonyl (C=O) groups is 8. The molecule has 24 nitrogen and oxygen atoms in total. The van der Waals surface area contributed by atoms with Crippen LogP contribution in [0, 0.1) is 0 Å². The Hall–Kier alpha value is -10.0. The van der Waals surface area contributed by atoms with Gasteiger partial charge < -0.3 is 68.0 Å². The Balaban J connectivity index is 0.000000137. The third kappa shape index (κ3) is 27.6. The van der Waals surface area contributed by atoms with Gasteiger partial charge in [-0.05, 0) is 255 Å². The zero-order valence-electron chi connectivity index (χ0n) is 82.6. The van der Waals surface area contributed by atoms with Crippen molar-refractivity contribution in [3.63, 3.8) is 0 Å². The predicted octanol–water partition coefficient (Wildman–Crippen LogP) is 15.9. The van der Waals surface area contributed by atoms with E-state index in [1.54, 1.807) is 20.9 Å². The molecule has 11 aliphatic rings. The van der Waals surface area contributed by atoms with E-state index in [4.69, 9.17) is 63.6 Å². The Kier molecular flexibility index (Phi) is 36.9. The Labute approximate surface area is 860 Å². The van der Waals surface area contributed by atoms with Crippen molar-refractivity contribution in [3.05, 3.63) is 264 Å². The second-order valence-electron chi connectivity index (χ2n) is 40.9. The first kappa shape index (κ1) is 106. The van der Waals surface area contributed by atoms with Crippen LogP contribution in [0.3, 0.4) is 0 Å². The monoisotopic (exact) mass is 2030 g/mol. The molecule has 0 spiro atoms. The van der Waals surface area contributed by atoms with Crippen LogP contribution in [-0.2, 0) is 123 Å². The maximum absolute atomic E-state index is 13.5. The molecule has 3 aliphatic carbocycles. The smallest absolute Gasteiger partial charge is 0.250 e. The van der Waals surface area contributed by atoms with E-state index in [9.17, 15) is 47.1 Å². The van der Waals surface area contributed by atoms with Crippen molar-refractivity contribution in [2.75, 3.05) is 72.0 Å². The lowest BCUT2D eigenvalue weighted by Gasteiger charge is -2.42. The number of aromatic amines is 1. The standard InChI is InChI=1S/C31H39ClN4O2.C29H35ClN4O2.C28H33ClN4O2.C25H33ClF2N4O2/c1-21(2)34-28(9-5-6-15-35-19-23-7-3-4-8-24(23)20-35)31(38)36-16-14-29(36)30(37)13-11-22-10-12-27-25(17-22)26(32)18-33-27;30-25-11-10-22-9-8-20(17-24(22)25)18-32-28(35)27-13-16-34(27)29(36)26(31)7-3-4-14-33-15-12-21-5-1-2-6-23(21)19-33;29-24-11-10-20-9-8-19(15-23(20)24)16-31-27(34)26-12-14-33(26)28(35)25(30)7-3-4-13-32-17-21-5-1-2-6-22(21)18-32;26-20-7-6-18-5-4-17(15-19(18)20)16-30-23(33)22-8-12-32(22)24(34)21(29)3-1-2-11-31-13-9-25(27,28)10-14-31/h3-4,7-8,10,12,17-18,21,28-29,33-34H,5-6,9,11,13-16,19-20H2,1-2H3;1-2,5-6,8-9,11,17,26-27H,3-4,7,10,12-16,18-19,31H2,(H,32,35);1-2,5-6,8-9,11,15,25-26H,3-4,7,10,12-14,16-18,30H2,(H,31,34);4-5,7,15,21-22H,1-3,6,8-14,16,29H2,(H,30,33)/t28-,29+;26-,27+;25-,26+;21-,22+/m1111/s1. The van der Waals surface area contributed by atoms with Gasteiger partial charge in [0.15, 0.2) is 5.78 Å². The minimum absolute atomic E-state index is 0.0809. The van der Waals surface area contributed by atoms with Crippen molar-refractivity contribution in [1.82, 2.24) is 65.5 Å². The van der Waals surface area contributed by atoms with Crippen molar-refractivity contribution in [1.29, 1.82) is 0 Å². The van der Waals surface area contributed by atoms with Gasteiger partial charge in [-0.25, -0.2) is 8.78 Å². The van der Waals surface area contributed by atoms with E-state index < -0.39 is 42.2 Å². The molecule has 0 bridgehead atoms. The summed E-state index contributed by atoms with van der Waals surface area (Å²) in [7, 11) is 0. The van der Waals surface area contributed by atoms with Crippen LogP contribution in [0.1, 0.15) is 225 Å². The van der Waals surface area contributed by atoms with Crippen LogP contribution in [0.15, 0.2) is 170 Å². The number of unbranched alkanes of at least 4 members (excludes halogenated alkanes) is 4. The number of allylic oxidation sites excluding steroid dienone is 3. The number of carbonyl (C=O) groups excluding carboxylic acids is 8. The van der Waals surface area contributed by atoms with Crippen LogP contribution in [0.4, 0.5) is 8.78 Å². The van der Waals surface area contributed by atoms with Crippen LogP contribution in [0.2, 0.25) is 5.02 Å². The van der Waals surface area contributed by atoms with Crippen LogP contribution >= 0.6 is 46.4 Å². The highest BCUT2D eigenvalue weighted by molar-refractivity contribution is 6.50. The lowest BCUT2D eigenvalue weighted by Crippen LogP contribution is -2.61. The summed E-state index contributed by atoms with van der Waals surface area (Å²) < 4.78 is 26.5. The summed E-state index contributed by atoms with van der Waals surface area (Å²) in [5.74, 6) is -3.12. The molecule has 5 saturated heterocycles. The van der Waals surface area contributed by atoms with Gasteiger partial charge in [0.05, 0.1) is 35.2 Å². The van der Waals surface area contributed by atoms with Gasteiger partial charge in [0.2, 0.25) is 41.4 Å². The summed E-state index contributed by atoms with van der Waals surface area (Å²) in [6.45, 7) is 18.5. The summed E-state index contributed by atoms with van der Waals surface area (Å²) in [6, 6.07) is 46.8.